The molecule has 1 aromatic carbocycles. The summed E-state index contributed by atoms with van der Waals surface area (Å²) in [5.74, 6) is 0. The van der Waals surface area contributed by atoms with E-state index < -0.39 is 0 Å². The quantitative estimate of drug-likeness (QED) is 0.784. The molecule has 0 fully saturated rings. The summed E-state index contributed by atoms with van der Waals surface area (Å²) in [7, 11) is 1.73. The van der Waals surface area contributed by atoms with E-state index in [1.54, 1.807) is 7.11 Å². The van der Waals surface area contributed by atoms with Gasteiger partial charge < -0.3 is 10.5 Å². The normalized spacial score (nSPS) is 12.1. The third kappa shape index (κ3) is 5.72. The first kappa shape index (κ1) is 16.2. The molecule has 0 aromatic heterocycles. The molecule has 0 saturated carbocycles. The molecule has 2 N–H and O–H groups in total. The molecule has 0 amide bonds. The van der Waals surface area contributed by atoms with Crippen LogP contribution in [0.3, 0.4) is 0 Å². The third-order valence-electron chi connectivity index (χ3n) is 3.36. The molecule has 19 heavy (non-hydrogen) atoms. The van der Waals surface area contributed by atoms with E-state index in [1.807, 2.05) is 0 Å². The SMILES string of the molecule is CCN(Cc1cccc(COC)c1)CC(C)(C)CN. The van der Waals surface area contributed by atoms with E-state index in [4.69, 9.17) is 10.5 Å². The molecule has 1 aromatic rings. The van der Waals surface area contributed by atoms with Gasteiger partial charge in [0.05, 0.1) is 6.61 Å². The predicted molar refractivity (Wildman–Crippen MR) is 80.9 cm³/mol. The molecule has 1 rings (SSSR count). The van der Waals surface area contributed by atoms with E-state index in [9.17, 15) is 0 Å². The Morgan fingerprint density at radius 2 is 1.95 bits per heavy atom. The fourth-order valence-corrected chi connectivity index (χ4v) is 2.19. The molecule has 0 spiro atoms. The molecule has 0 atom stereocenters. The van der Waals surface area contributed by atoms with Crippen molar-refractivity contribution in [1.82, 2.24) is 4.90 Å². The average molecular weight is 264 g/mol. The Hall–Kier alpha value is -0.900. The lowest BCUT2D eigenvalue weighted by atomic mass is 9.93. The molecule has 3 heteroatoms. The highest BCUT2D eigenvalue weighted by molar-refractivity contribution is 5.23. The second-order valence-corrected chi connectivity index (χ2v) is 5.92. The van der Waals surface area contributed by atoms with Crippen LogP contribution in [0.2, 0.25) is 0 Å². The van der Waals surface area contributed by atoms with E-state index in [1.165, 1.54) is 11.1 Å². The fraction of sp³-hybridized carbons (Fsp3) is 0.625. The zero-order valence-electron chi connectivity index (χ0n) is 12.8. The lowest BCUT2D eigenvalue weighted by molar-refractivity contribution is 0.180. The Morgan fingerprint density at radius 3 is 2.53 bits per heavy atom. The van der Waals surface area contributed by atoms with Crippen LogP contribution in [0.5, 0.6) is 0 Å². The maximum atomic E-state index is 5.82. The zero-order chi connectivity index (χ0) is 14.3. The number of nitrogens with two attached hydrogens (primary N) is 1. The molecule has 108 valence electrons. The molecule has 0 saturated heterocycles. The summed E-state index contributed by atoms with van der Waals surface area (Å²) in [6.45, 7) is 11.1. The zero-order valence-corrected chi connectivity index (χ0v) is 12.8. The van der Waals surface area contributed by atoms with Crippen LogP contribution >= 0.6 is 0 Å². The van der Waals surface area contributed by atoms with Crippen LogP contribution in [0.15, 0.2) is 24.3 Å². The van der Waals surface area contributed by atoms with Crippen molar-refractivity contribution >= 4 is 0 Å². The van der Waals surface area contributed by atoms with Crippen molar-refractivity contribution < 1.29 is 4.74 Å². The largest absolute Gasteiger partial charge is 0.380 e. The number of methoxy groups -OCH3 is 1. The monoisotopic (exact) mass is 264 g/mol. The summed E-state index contributed by atoms with van der Waals surface area (Å²) in [6.07, 6.45) is 0. The highest BCUT2D eigenvalue weighted by Gasteiger charge is 2.19. The van der Waals surface area contributed by atoms with Crippen molar-refractivity contribution in [3.05, 3.63) is 35.4 Å². The van der Waals surface area contributed by atoms with Gasteiger partial charge in [-0.1, -0.05) is 45.0 Å². The molecule has 0 bridgehead atoms. The van der Waals surface area contributed by atoms with Gasteiger partial charge in [0.2, 0.25) is 0 Å². The van der Waals surface area contributed by atoms with Gasteiger partial charge in [0.15, 0.2) is 0 Å². The smallest absolute Gasteiger partial charge is 0.0713 e. The maximum absolute atomic E-state index is 5.82. The van der Waals surface area contributed by atoms with Crippen molar-refractivity contribution in [3.63, 3.8) is 0 Å². The minimum atomic E-state index is 0.167. The number of hydrogen-bond donors (Lipinski definition) is 1. The Labute approximate surface area is 117 Å². The summed E-state index contributed by atoms with van der Waals surface area (Å²) >= 11 is 0. The predicted octanol–water partition coefficient (Wildman–Crippen LogP) is 2.64. The second kappa shape index (κ2) is 7.63. The molecule has 3 nitrogen and oxygen atoms in total. The summed E-state index contributed by atoms with van der Waals surface area (Å²) in [4.78, 5) is 2.44. The van der Waals surface area contributed by atoms with Gasteiger partial charge >= 0.3 is 0 Å². The van der Waals surface area contributed by atoms with Crippen LogP contribution < -0.4 is 5.73 Å². The maximum Gasteiger partial charge on any atom is 0.0713 e. The van der Waals surface area contributed by atoms with Crippen molar-refractivity contribution in [2.75, 3.05) is 26.7 Å². The molecular weight excluding hydrogens is 236 g/mol. The molecule has 0 unspecified atom stereocenters. The first-order valence-corrected chi connectivity index (χ1v) is 7.00. The molecule has 0 aliphatic rings. The molecular formula is C16H28N2O. The number of nitrogens with zero attached hydrogens (tertiary/aromatic N) is 1. The van der Waals surface area contributed by atoms with E-state index in [0.717, 1.165) is 19.6 Å². The van der Waals surface area contributed by atoms with E-state index in [-0.39, 0.29) is 5.41 Å². The van der Waals surface area contributed by atoms with Gasteiger partial charge in [-0.05, 0) is 29.6 Å². The minimum Gasteiger partial charge on any atom is -0.380 e. The van der Waals surface area contributed by atoms with Crippen molar-refractivity contribution in [1.29, 1.82) is 0 Å². The summed E-state index contributed by atoms with van der Waals surface area (Å²) in [6, 6.07) is 8.61. The first-order chi connectivity index (χ1) is 9.00. The van der Waals surface area contributed by atoms with E-state index in [2.05, 4.69) is 49.9 Å². The second-order valence-electron chi connectivity index (χ2n) is 5.92. The van der Waals surface area contributed by atoms with Gasteiger partial charge in [-0.2, -0.15) is 0 Å². The molecule has 0 radical (unpaired) electrons. The van der Waals surface area contributed by atoms with Crippen LogP contribution in [0.25, 0.3) is 0 Å². The number of rotatable bonds is 8. The van der Waals surface area contributed by atoms with Gasteiger partial charge in [0.25, 0.3) is 0 Å². The Morgan fingerprint density at radius 1 is 1.26 bits per heavy atom. The Bertz CT molecular complexity index is 377. The first-order valence-electron chi connectivity index (χ1n) is 7.00. The van der Waals surface area contributed by atoms with Gasteiger partial charge in [-0.25, -0.2) is 0 Å². The molecule has 0 aliphatic carbocycles. The van der Waals surface area contributed by atoms with Gasteiger partial charge in [-0.15, -0.1) is 0 Å². The summed E-state index contributed by atoms with van der Waals surface area (Å²) < 4.78 is 5.18. The summed E-state index contributed by atoms with van der Waals surface area (Å²) in [5.41, 5.74) is 8.56. The van der Waals surface area contributed by atoms with Crippen LogP contribution in [0.4, 0.5) is 0 Å². The van der Waals surface area contributed by atoms with E-state index in [0.29, 0.717) is 13.2 Å². The number of hydrogen-bond acceptors (Lipinski definition) is 3. The van der Waals surface area contributed by atoms with E-state index >= 15 is 0 Å². The molecule has 0 aliphatic heterocycles. The highest BCUT2D eigenvalue weighted by Crippen LogP contribution is 2.17. The lowest BCUT2D eigenvalue weighted by Crippen LogP contribution is -2.38. The lowest BCUT2D eigenvalue weighted by Gasteiger charge is -2.31. The van der Waals surface area contributed by atoms with Gasteiger partial charge in [-0.3, -0.25) is 4.90 Å². The van der Waals surface area contributed by atoms with Gasteiger partial charge in [0.1, 0.15) is 0 Å². The molecule has 0 heterocycles. The van der Waals surface area contributed by atoms with Crippen LogP contribution in [-0.2, 0) is 17.9 Å². The Balaban J connectivity index is 2.67. The number of benzene rings is 1. The van der Waals surface area contributed by atoms with Crippen LogP contribution in [0, 0.1) is 5.41 Å². The van der Waals surface area contributed by atoms with Crippen molar-refractivity contribution in [2.24, 2.45) is 11.1 Å². The van der Waals surface area contributed by atoms with Crippen molar-refractivity contribution in [3.8, 4) is 0 Å². The Kier molecular flexibility index (Phi) is 6.49. The van der Waals surface area contributed by atoms with Crippen LogP contribution in [0.1, 0.15) is 31.9 Å². The standard InChI is InChI=1S/C16H28N2O/c1-5-18(13-16(2,3)12-17)10-14-7-6-8-15(9-14)11-19-4/h6-9H,5,10-13,17H2,1-4H3. The summed E-state index contributed by atoms with van der Waals surface area (Å²) in [5, 5.41) is 0. The average Bonchev–Trinajstić information content (AvgIpc) is 2.38. The minimum absolute atomic E-state index is 0.167. The van der Waals surface area contributed by atoms with Crippen LogP contribution in [-0.4, -0.2) is 31.6 Å². The highest BCUT2D eigenvalue weighted by atomic mass is 16.5. The topological polar surface area (TPSA) is 38.5 Å². The fourth-order valence-electron chi connectivity index (χ4n) is 2.19. The van der Waals surface area contributed by atoms with Crippen molar-refractivity contribution in [2.45, 2.75) is 33.9 Å². The number of ether oxygens (including phenoxy) is 1. The van der Waals surface area contributed by atoms with Gasteiger partial charge in [0, 0.05) is 20.2 Å². The third-order valence-corrected chi connectivity index (χ3v) is 3.36.